The minimum absolute atomic E-state index is 0.194. The minimum atomic E-state index is -4.23. The molecule has 0 radical (unpaired) electrons. The first-order valence-electron chi connectivity index (χ1n) is 3.74. The van der Waals surface area contributed by atoms with E-state index in [1.165, 1.54) is 0 Å². The normalized spacial score (nSPS) is 13.2. The summed E-state index contributed by atoms with van der Waals surface area (Å²) in [6, 6.07) is 0. The first kappa shape index (κ1) is 15.8. The van der Waals surface area contributed by atoms with Crippen LogP contribution in [0, 0.1) is 0 Å². The summed E-state index contributed by atoms with van der Waals surface area (Å²) in [6.07, 6.45) is -5.73. The van der Waals surface area contributed by atoms with E-state index in [0.29, 0.717) is 6.42 Å². The fraction of sp³-hybridized carbons (Fsp3) is 1.00. The van der Waals surface area contributed by atoms with E-state index < -0.39 is 18.7 Å². The van der Waals surface area contributed by atoms with Crippen molar-refractivity contribution in [1.29, 1.82) is 0 Å². The average Bonchev–Trinajstić information content (AvgIpc) is 1.84. The highest BCUT2D eigenvalue weighted by Crippen LogP contribution is 2.22. The van der Waals surface area contributed by atoms with Crippen molar-refractivity contribution < 1.29 is 18.3 Å². The van der Waals surface area contributed by atoms with Crippen molar-refractivity contribution >= 4 is 23.2 Å². The highest BCUT2D eigenvalue weighted by Gasteiger charge is 2.30. The molecule has 0 amide bonds. The van der Waals surface area contributed by atoms with Crippen molar-refractivity contribution in [2.45, 2.75) is 38.5 Å². The van der Waals surface area contributed by atoms with Crippen LogP contribution < -0.4 is 0 Å². The van der Waals surface area contributed by atoms with Crippen LogP contribution in [-0.4, -0.2) is 22.7 Å². The Morgan fingerprint density at radius 3 is 1.92 bits per heavy atom. The molecule has 0 aliphatic heterocycles. The van der Waals surface area contributed by atoms with Crippen molar-refractivity contribution in [3.63, 3.8) is 0 Å². The second-order valence-electron chi connectivity index (χ2n) is 2.36. The fourth-order valence-electron chi connectivity index (χ4n) is 0.702. The maximum absolute atomic E-state index is 11.5. The molecule has 0 aromatic heterocycles. The van der Waals surface area contributed by atoms with Crippen molar-refractivity contribution in [2.24, 2.45) is 0 Å². The summed E-state index contributed by atoms with van der Waals surface area (Å²) >= 11 is 9.53. The smallest absolute Gasteiger partial charge is 0.391 e. The third-order valence-electron chi connectivity index (χ3n) is 1.09. The van der Waals surface area contributed by atoms with Crippen molar-refractivity contribution in [3.8, 4) is 0 Å². The lowest BCUT2D eigenvalue weighted by Crippen LogP contribution is -2.18. The molecule has 1 nitrogen and oxygen atoms in total. The van der Waals surface area contributed by atoms with Crippen LogP contribution in [0.5, 0.6) is 0 Å². The Bertz CT molecular complexity index is 108. The monoisotopic (exact) mass is 240 g/mol. The van der Waals surface area contributed by atoms with Crippen molar-refractivity contribution in [2.75, 3.05) is 5.34 Å². The molecule has 0 bridgehead atoms. The summed E-state index contributed by atoms with van der Waals surface area (Å²) in [5, 5.41) is 8.86. The first-order valence-corrected chi connectivity index (χ1v) is 4.81. The van der Waals surface area contributed by atoms with Gasteiger partial charge in [-0.3, -0.25) is 0 Å². The SMILES string of the molecule is CCCC(O)CC(F)(F)F.ClCCl. The van der Waals surface area contributed by atoms with Gasteiger partial charge in [0, 0.05) is 0 Å². The van der Waals surface area contributed by atoms with Gasteiger partial charge in [-0.25, -0.2) is 0 Å². The van der Waals surface area contributed by atoms with Crippen LogP contribution in [0.25, 0.3) is 0 Å². The molecular weight excluding hydrogens is 228 g/mol. The summed E-state index contributed by atoms with van der Waals surface area (Å²) < 4.78 is 34.4. The molecule has 0 rings (SSSR count). The lowest BCUT2D eigenvalue weighted by molar-refractivity contribution is -0.153. The minimum Gasteiger partial charge on any atom is -0.393 e. The quantitative estimate of drug-likeness (QED) is 0.749. The van der Waals surface area contributed by atoms with Crippen LogP contribution in [0.15, 0.2) is 0 Å². The Hall–Kier alpha value is 0.330. The molecule has 0 heterocycles. The Kier molecular flexibility index (Phi) is 10.8. The van der Waals surface area contributed by atoms with Gasteiger partial charge in [0.1, 0.15) is 0 Å². The van der Waals surface area contributed by atoms with Crippen molar-refractivity contribution in [1.82, 2.24) is 0 Å². The molecule has 1 N–H and O–H groups in total. The van der Waals surface area contributed by atoms with Crippen molar-refractivity contribution in [3.05, 3.63) is 0 Å². The third-order valence-corrected chi connectivity index (χ3v) is 1.09. The van der Waals surface area contributed by atoms with Gasteiger partial charge < -0.3 is 5.11 Å². The molecule has 0 saturated carbocycles. The zero-order valence-corrected chi connectivity index (χ0v) is 8.75. The van der Waals surface area contributed by atoms with Crippen LogP contribution in [0.1, 0.15) is 26.2 Å². The molecular formula is C7H13Cl2F3O. The maximum atomic E-state index is 11.5. The van der Waals surface area contributed by atoms with Gasteiger partial charge in [0.05, 0.1) is 17.9 Å². The van der Waals surface area contributed by atoms with E-state index in [-0.39, 0.29) is 11.8 Å². The number of rotatable bonds is 3. The Balaban J connectivity index is 0. The lowest BCUT2D eigenvalue weighted by Gasteiger charge is -2.11. The number of aliphatic hydroxyl groups excluding tert-OH is 1. The van der Waals surface area contributed by atoms with Gasteiger partial charge in [-0.05, 0) is 6.42 Å². The van der Waals surface area contributed by atoms with Gasteiger partial charge in [0.25, 0.3) is 0 Å². The van der Waals surface area contributed by atoms with E-state index in [4.69, 9.17) is 28.3 Å². The molecule has 0 aliphatic rings. The number of halogens is 5. The van der Waals surface area contributed by atoms with E-state index in [9.17, 15) is 13.2 Å². The highest BCUT2D eigenvalue weighted by molar-refractivity contribution is 6.40. The highest BCUT2D eigenvalue weighted by atomic mass is 35.5. The van der Waals surface area contributed by atoms with E-state index in [2.05, 4.69) is 0 Å². The molecule has 1 atom stereocenters. The topological polar surface area (TPSA) is 20.2 Å². The van der Waals surface area contributed by atoms with Crippen LogP contribution in [0.2, 0.25) is 0 Å². The summed E-state index contributed by atoms with van der Waals surface area (Å²) in [7, 11) is 0. The van der Waals surface area contributed by atoms with Crippen LogP contribution in [0.4, 0.5) is 13.2 Å². The number of hydrogen-bond acceptors (Lipinski definition) is 1. The largest absolute Gasteiger partial charge is 0.393 e. The Morgan fingerprint density at radius 1 is 1.31 bits per heavy atom. The summed E-state index contributed by atoms with van der Waals surface area (Å²) in [5.41, 5.74) is 0. The summed E-state index contributed by atoms with van der Waals surface area (Å²) in [6.45, 7) is 1.74. The average molecular weight is 241 g/mol. The molecule has 6 heteroatoms. The van der Waals surface area contributed by atoms with Gasteiger partial charge in [0.2, 0.25) is 0 Å². The molecule has 0 fully saturated rings. The molecule has 0 spiro atoms. The van der Waals surface area contributed by atoms with E-state index in [1.54, 1.807) is 6.92 Å². The van der Waals surface area contributed by atoms with Gasteiger partial charge in [-0.2, -0.15) is 13.2 Å². The standard InChI is InChI=1S/C6H11F3O.CH2Cl2/c1-2-3-5(10)4-6(7,8)9;2-1-3/h5,10H,2-4H2,1H3;1H2. The zero-order valence-electron chi connectivity index (χ0n) is 7.24. The van der Waals surface area contributed by atoms with E-state index >= 15 is 0 Å². The number of alkyl halides is 5. The maximum Gasteiger partial charge on any atom is 0.391 e. The third kappa shape index (κ3) is 19.0. The number of aliphatic hydroxyl groups is 1. The molecule has 13 heavy (non-hydrogen) atoms. The Morgan fingerprint density at radius 2 is 1.69 bits per heavy atom. The molecule has 0 aliphatic carbocycles. The summed E-state index contributed by atoms with van der Waals surface area (Å²) in [4.78, 5) is 0. The fourth-order valence-corrected chi connectivity index (χ4v) is 0.702. The molecule has 1 unspecified atom stereocenters. The number of hydrogen-bond donors (Lipinski definition) is 1. The molecule has 0 aromatic carbocycles. The van der Waals surface area contributed by atoms with E-state index in [1.807, 2.05) is 0 Å². The van der Waals surface area contributed by atoms with Gasteiger partial charge >= 0.3 is 6.18 Å². The predicted octanol–water partition coefficient (Wildman–Crippen LogP) is 3.52. The van der Waals surface area contributed by atoms with Gasteiger partial charge in [-0.15, -0.1) is 23.2 Å². The van der Waals surface area contributed by atoms with Crippen LogP contribution >= 0.6 is 23.2 Å². The first-order chi connectivity index (χ1) is 5.87. The second-order valence-corrected chi connectivity index (χ2v) is 3.17. The Labute approximate surface area is 85.8 Å². The van der Waals surface area contributed by atoms with E-state index in [0.717, 1.165) is 0 Å². The predicted molar refractivity (Wildman–Crippen MR) is 48.2 cm³/mol. The molecule has 82 valence electrons. The van der Waals surface area contributed by atoms with Crippen LogP contribution in [0.3, 0.4) is 0 Å². The van der Waals surface area contributed by atoms with Gasteiger partial charge in [-0.1, -0.05) is 13.3 Å². The zero-order chi connectivity index (χ0) is 10.9. The second kappa shape index (κ2) is 8.91. The molecule has 0 aromatic rings. The summed E-state index contributed by atoms with van der Waals surface area (Å²) in [5.74, 6) is 0. The molecule has 0 saturated heterocycles. The van der Waals surface area contributed by atoms with Crippen LogP contribution in [-0.2, 0) is 0 Å². The van der Waals surface area contributed by atoms with Gasteiger partial charge in [0.15, 0.2) is 0 Å². The lowest BCUT2D eigenvalue weighted by atomic mass is 10.1.